The molecule has 1 aromatic carbocycles. The SMILES string of the molecule is Cc1ccccc1[C@H](O)CNC1CCN(c2nccs2)CC1. The standard InChI is InChI=1S/C17H23N3OS/c1-13-4-2-3-5-15(13)16(21)12-19-14-6-9-20(10-7-14)17-18-8-11-22-17/h2-5,8,11,14,16,19,21H,6-7,9-10,12H2,1H3/t16-/m1/s1. The number of hydrogen-bond donors (Lipinski definition) is 2. The van der Waals surface area contributed by atoms with Gasteiger partial charge in [-0.3, -0.25) is 0 Å². The molecule has 0 radical (unpaired) electrons. The maximum atomic E-state index is 10.4. The third kappa shape index (κ3) is 3.66. The van der Waals surface area contributed by atoms with E-state index in [2.05, 4.69) is 15.2 Å². The molecule has 3 rings (SSSR count). The molecule has 118 valence electrons. The Kier molecular flexibility index (Phi) is 5.08. The minimum atomic E-state index is -0.432. The lowest BCUT2D eigenvalue weighted by molar-refractivity contribution is 0.166. The second-order valence-corrected chi connectivity index (χ2v) is 6.73. The molecule has 2 aromatic rings. The Balaban J connectivity index is 1.46. The molecular weight excluding hydrogens is 294 g/mol. The van der Waals surface area contributed by atoms with Crippen LogP contribution in [0.2, 0.25) is 0 Å². The Morgan fingerprint density at radius 1 is 1.36 bits per heavy atom. The molecule has 0 unspecified atom stereocenters. The van der Waals surface area contributed by atoms with Crippen LogP contribution in [-0.4, -0.2) is 35.8 Å². The fraction of sp³-hybridized carbons (Fsp3) is 0.471. The minimum Gasteiger partial charge on any atom is -0.387 e. The van der Waals surface area contributed by atoms with Crippen molar-refractivity contribution in [2.45, 2.75) is 31.9 Å². The fourth-order valence-electron chi connectivity index (χ4n) is 3.00. The van der Waals surface area contributed by atoms with Crippen molar-refractivity contribution in [3.8, 4) is 0 Å². The lowest BCUT2D eigenvalue weighted by atomic mass is 10.0. The highest BCUT2D eigenvalue weighted by Crippen LogP contribution is 2.22. The van der Waals surface area contributed by atoms with Crippen LogP contribution in [0.4, 0.5) is 5.13 Å². The van der Waals surface area contributed by atoms with Gasteiger partial charge in [0, 0.05) is 37.3 Å². The molecule has 0 amide bonds. The van der Waals surface area contributed by atoms with Crippen LogP contribution in [-0.2, 0) is 0 Å². The van der Waals surface area contributed by atoms with E-state index in [1.807, 2.05) is 42.8 Å². The number of anilines is 1. The zero-order valence-electron chi connectivity index (χ0n) is 12.9. The van der Waals surface area contributed by atoms with E-state index in [0.717, 1.165) is 42.2 Å². The number of aliphatic hydroxyl groups excluding tert-OH is 1. The van der Waals surface area contributed by atoms with Crippen molar-refractivity contribution >= 4 is 16.5 Å². The monoisotopic (exact) mass is 317 g/mol. The molecule has 1 aromatic heterocycles. The summed E-state index contributed by atoms with van der Waals surface area (Å²) in [5.41, 5.74) is 2.17. The summed E-state index contributed by atoms with van der Waals surface area (Å²) in [4.78, 5) is 6.72. The largest absolute Gasteiger partial charge is 0.387 e. The molecule has 1 fully saturated rings. The molecule has 0 spiro atoms. The first-order valence-corrected chi connectivity index (χ1v) is 8.73. The van der Waals surface area contributed by atoms with E-state index in [4.69, 9.17) is 0 Å². The minimum absolute atomic E-state index is 0.432. The van der Waals surface area contributed by atoms with Crippen molar-refractivity contribution in [1.29, 1.82) is 0 Å². The van der Waals surface area contributed by atoms with Gasteiger partial charge < -0.3 is 15.3 Å². The number of aromatic nitrogens is 1. The van der Waals surface area contributed by atoms with Gasteiger partial charge in [0.1, 0.15) is 0 Å². The Morgan fingerprint density at radius 2 is 2.14 bits per heavy atom. The Hall–Kier alpha value is -1.43. The number of nitrogens with one attached hydrogen (secondary N) is 1. The van der Waals surface area contributed by atoms with Gasteiger partial charge in [0.25, 0.3) is 0 Å². The van der Waals surface area contributed by atoms with Crippen LogP contribution >= 0.6 is 11.3 Å². The number of benzene rings is 1. The highest BCUT2D eigenvalue weighted by atomic mass is 32.1. The van der Waals surface area contributed by atoms with Gasteiger partial charge >= 0.3 is 0 Å². The zero-order valence-corrected chi connectivity index (χ0v) is 13.7. The zero-order chi connectivity index (χ0) is 15.4. The summed E-state index contributed by atoms with van der Waals surface area (Å²) in [5, 5.41) is 17.0. The van der Waals surface area contributed by atoms with Crippen molar-refractivity contribution in [2.75, 3.05) is 24.5 Å². The van der Waals surface area contributed by atoms with E-state index in [1.54, 1.807) is 11.3 Å². The van der Waals surface area contributed by atoms with Crippen molar-refractivity contribution in [2.24, 2.45) is 0 Å². The van der Waals surface area contributed by atoms with Crippen molar-refractivity contribution in [3.05, 3.63) is 47.0 Å². The maximum Gasteiger partial charge on any atom is 0.185 e. The average Bonchev–Trinajstić information content (AvgIpc) is 3.08. The molecule has 2 N–H and O–H groups in total. The number of thiazole rings is 1. The van der Waals surface area contributed by atoms with Crippen molar-refractivity contribution in [3.63, 3.8) is 0 Å². The van der Waals surface area contributed by atoms with Crippen LogP contribution in [0.25, 0.3) is 0 Å². The molecule has 0 bridgehead atoms. The summed E-state index contributed by atoms with van der Waals surface area (Å²) in [5.74, 6) is 0. The van der Waals surface area contributed by atoms with Crippen molar-refractivity contribution < 1.29 is 5.11 Å². The number of hydrogen-bond acceptors (Lipinski definition) is 5. The lowest BCUT2D eigenvalue weighted by Crippen LogP contribution is -2.43. The second-order valence-electron chi connectivity index (χ2n) is 5.86. The smallest absolute Gasteiger partial charge is 0.185 e. The summed E-state index contributed by atoms with van der Waals surface area (Å²) in [6, 6.07) is 8.53. The summed E-state index contributed by atoms with van der Waals surface area (Å²) in [6.07, 6.45) is 3.63. The first kappa shape index (κ1) is 15.5. The highest BCUT2D eigenvalue weighted by Gasteiger charge is 2.21. The van der Waals surface area contributed by atoms with Crippen molar-refractivity contribution in [1.82, 2.24) is 10.3 Å². The van der Waals surface area contributed by atoms with Crippen LogP contribution in [0.1, 0.15) is 30.1 Å². The predicted octanol–water partition coefficient (Wildman–Crippen LogP) is 2.74. The van der Waals surface area contributed by atoms with E-state index in [9.17, 15) is 5.11 Å². The topological polar surface area (TPSA) is 48.4 Å². The second kappa shape index (κ2) is 7.22. The summed E-state index contributed by atoms with van der Waals surface area (Å²) in [6.45, 7) is 4.73. The van der Waals surface area contributed by atoms with Gasteiger partial charge in [0.05, 0.1) is 6.10 Å². The molecule has 2 heterocycles. The molecule has 0 aliphatic carbocycles. The third-order valence-corrected chi connectivity index (χ3v) is 5.16. The van der Waals surface area contributed by atoms with Gasteiger partial charge in [-0.25, -0.2) is 4.98 Å². The van der Waals surface area contributed by atoms with Gasteiger partial charge in [0.15, 0.2) is 5.13 Å². The summed E-state index contributed by atoms with van der Waals surface area (Å²) in [7, 11) is 0. The first-order chi connectivity index (χ1) is 10.7. The van der Waals surface area contributed by atoms with E-state index >= 15 is 0 Å². The molecular formula is C17H23N3OS. The van der Waals surface area contributed by atoms with Crippen LogP contribution in [0, 0.1) is 6.92 Å². The molecule has 1 aliphatic heterocycles. The Labute approximate surface area is 135 Å². The highest BCUT2D eigenvalue weighted by molar-refractivity contribution is 7.13. The van der Waals surface area contributed by atoms with Gasteiger partial charge in [0.2, 0.25) is 0 Å². The first-order valence-electron chi connectivity index (χ1n) is 7.85. The molecule has 22 heavy (non-hydrogen) atoms. The number of aliphatic hydroxyl groups is 1. The number of rotatable bonds is 5. The molecule has 1 saturated heterocycles. The summed E-state index contributed by atoms with van der Waals surface area (Å²) < 4.78 is 0. The molecule has 0 saturated carbocycles. The number of nitrogens with zero attached hydrogens (tertiary/aromatic N) is 2. The molecule has 5 heteroatoms. The molecule has 1 atom stereocenters. The number of aryl methyl sites for hydroxylation is 1. The van der Waals surface area contributed by atoms with Gasteiger partial charge in [-0.1, -0.05) is 24.3 Å². The Morgan fingerprint density at radius 3 is 2.82 bits per heavy atom. The van der Waals surface area contributed by atoms with Crippen LogP contribution in [0.3, 0.4) is 0 Å². The predicted molar refractivity (Wildman–Crippen MR) is 91.5 cm³/mol. The van der Waals surface area contributed by atoms with Gasteiger partial charge in [-0.15, -0.1) is 11.3 Å². The van der Waals surface area contributed by atoms with E-state index < -0.39 is 6.10 Å². The normalized spacial score (nSPS) is 17.6. The third-order valence-electron chi connectivity index (χ3n) is 4.33. The van der Waals surface area contributed by atoms with Crippen LogP contribution in [0.5, 0.6) is 0 Å². The van der Waals surface area contributed by atoms with Crippen LogP contribution in [0.15, 0.2) is 35.8 Å². The summed E-state index contributed by atoms with van der Waals surface area (Å²) >= 11 is 1.70. The molecule has 1 aliphatic rings. The van der Waals surface area contributed by atoms with Gasteiger partial charge in [-0.05, 0) is 30.9 Å². The van der Waals surface area contributed by atoms with Crippen LogP contribution < -0.4 is 10.2 Å². The van der Waals surface area contributed by atoms with Gasteiger partial charge in [-0.2, -0.15) is 0 Å². The number of piperidine rings is 1. The van der Waals surface area contributed by atoms with E-state index in [1.165, 1.54) is 0 Å². The lowest BCUT2D eigenvalue weighted by Gasteiger charge is -2.32. The quantitative estimate of drug-likeness (QED) is 0.890. The Bertz CT molecular complexity index is 579. The van der Waals surface area contributed by atoms with E-state index in [0.29, 0.717) is 12.6 Å². The fourth-order valence-corrected chi connectivity index (χ4v) is 3.69. The van der Waals surface area contributed by atoms with E-state index in [-0.39, 0.29) is 0 Å². The average molecular weight is 317 g/mol. The molecule has 4 nitrogen and oxygen atoms in total. The maximum absolute atomic E-state index is 10.4.